The Labute approximate surface area is 241 Å². The predicted molar refractivity (Wildman–Crippen MR) is 155 cm³/mol. The second kappa shape index (κ2) is 10.0. The van der Waals surface area contributed by atoms with E-state index in [0.717, 1.165) is 5.56 Å². The number of hydrogen-bond acceptors (Lipinski definition) is 10. The fraction of sp³-hybridized carbons (Fsp3) is 0.121. The van der Waals surface area contributed by atoms with Crippen LogP contribution >= 0.6 is 0 Å². The van der Waals surface area contributed by atoms with E-state index in [-0.39, 0.29) is 34.6 Å². The van der Waals surface area contributed by atoms with Gasteiger partial charge in [-0.3, -0.25) is 0 Å². The van der Waals surface area contributed by atoms with Gasteiger partial charge in [-0.1, -0.05) is 18.2 Å². The van der Waals surface area contributed by atoms with Gasteiger partial charge >= 0.3 is 16.9 Å². The maximum atomic E-state index is 13.3. The number of rotatable bonds is 5. The first kappa shape index (κ1) is 26.3. The highest BCUT2D eigenvalue weighted by atomic mass is 16.6. The van der Waals surface area contributed by atoms with Gasteiger partial charge in [0.15, 0.2) is 17.1 Å². The van der Waals surface area contributed by atoms with Crippen LogP contribution in [0.15, 0.2) is 100 Å². The van der Waals surface area contributed by atoms with Crippen LogP contribution in [0.4, 0.5) is 0 Å². The number of methoxy groups -OCH3 is 1. The van der Waals surface area contributed by atoms with Crippen molar-refractivity contribution in [3.8, 4) is 28.6 Å². The number of para-hydroxylation sites is 1. The molecule has 4 heterocycles. The molecule has 214 valence electrons. The van der Waals surface area contributed by atoms with Crippen LogP contribution in [0.1, 0.15) is 34.1 Å². The van der Waals surface area contributed by atoms with E-state index in [4.69, 9.17) is 22.7 Å². The maximum Gasteiger partial charge on any atom is 0.339 e. The fourth-order valence-corrected chi connectivity index (χ4v) is 5.52. The van der Waals surface area contributed by atoms with Crippen molar-refractivity contribution in [1.29, 1.82) is 0 Å². The van der Waals surface area contributed by atoms with Gasteiger partial charge in [0.05, 0.1) is 18.2 Å². The first-order valence-electron chi connectivity index (χ1n) is 13.3. The van der Waals surface area contributed by atoms with Crippen molar-refractivity contribution in [3.63, 3.8) is 0 Å². The third-order valence-electron chi connectivity index (χ3n) is 7.47. The summed E-state index contributed by atoms with van der Waals surface area (Å²) in [5.74, 6) is 0.879. The lowest BCUT2D eigenvalue weighted by molar-refractivity contribution is -0.0232. The van der Waals surface area contributed by atoms with Gasteiger partial charge in [-0.15, -0.1) is 0 Å². The highest BCUT2D eigenvalue weighted by molar-refractivity contribution is 5.86. The van der Waals surface area contributed by atoms with Gasteiger partial charge in [0.2, 0.25) is 6.29 Å². The summed E-state index contributed by atoms with van der Waals surface area (Å²) < 4.78 is 27.5. The lowest BCUT2D eigenvalue weighted by Crippen LogP contribution is -2.19. The van der Waals surface area contributed by atoms with E-state index in [0.29, 0.717) is 51.0 Å². The average Bonchev–Trinajstić information content (AvgIpc) is 2.98. The SMILES string of the molecule is COc1cccc2c(Cc3cc4c(oc3=O)-c3cc(Cc5cc(=O)oc6ccc(O)cc56)ccc3OC4O)cc(=O)oc12. The van der Waals surface area contributed by atoms with Crippen molar-refractivity contribution in [2.45, 2.75) is 19.1 Å². The predicted octanol–water partition coefficient (Wildman–Crippen LogP) is 4.80. The molecule has 3 aromatic heterocycles. The summed E-state index contributed by atoms with van der Waals surface area (Å²) >= 11 is 0. The summed E-state index contributed by atoms with van der Waals surface area (Å²) in [4.78, 5) is 37.8. The summed E-state index contributed by atoms with van der Waals surface area (Å²) in [7, 11) is 1.47. The number of phenolic OH excluding ortho intramolecular Hbond substituents is 1. The number of ether oxygens (including phenoxy) is 2. The molecule has 0 amide bonds. The molecule has 0 spiro atoms. The molecule has 43 heavy (non-hydrogen) atoms. The molecule has 0 saturated carbocycles. The molecule has 0 bridgehead atoms. The molecule has 0 radical (unpaired) electrons. The molecule has 3 aromatic carbocycles. The van der Waals surface area contributed by atoms with E-state index in [1.54, 1.807) is 36.4 Å². The van der Waals surface area contributed by atoms with E-state index in [2.05, 4.69) is 0 Å². The Bertz CT molecular complexity index is 2260. The number of aliphatic hydroxyl groups is 1. The van der Waals surface area contributed by atoms with Crippen LogP contribution in [-0.4, -0.2) is 17.3 Å². The van der Waals surface area contributed by atoms with E-state index in [1.807, 2.05) is 0 Å². The Morgan fingerprint density at radius 2 is 1.58 bits per heavy atom. The molecule has 1 atom stereocenters. The van der Waals surface area contributed by atoms with Crippen LogP contribution in [0.25, 0.3) is 33.3 Å². The van der Waals surface area contributed by atoms with Crippen LogP contribution in [0.5, 0.6) is 17.2 Å². The minimum Gasteiger partial charge on any atom is -0.508 e. The Hall–Kier alpha value is -5.61. The Morgan fingerprint density at radius 1 is 0.791 bits per heavy atom. The lowest BCUT2D eigenvalue weighted by Gasteiger charge is -2.24. The van der Waals surface area contributed by atoms with Gasteiger partial charge in [-0.25, -0.2) is 14.4 Å². The third kappa shape index (κ3) is 4.63. The van der Waals surface area contributed by atoms with E-state index in [1.165, 1.54) is 43.5 Å². The largest absolute Gasteiger partial charge is 0.508 e. The summed E-state index contributed by atoms with van der Waals surface area (Å²) in [6.45, 7) is 0. The molecule has 0 fully saturated rings. The fourth-order valence-electron chi connectivity index (χ4n) is 5.52. The molecule has 0 aliphatic carbocycles. The number of phenols is 1. The van der Waals surface area contributed by atoms with E-state index < -0.39 is 23.2 Å². The topological polar surface area (TPSA) is 150 Å². The van der Waals surface area contributed by atoms with Crippen LogP contribution in [-0.2, 0) is 12.8 Å². The number of aliphatic hydroxyl groups excluding tert-OH is 1. The van der Waals surface area contributed by atoms with Crippen molar-refractivity contribution in [2.75, 3.05) is 7.11 Å². The van der Waals surface area contributed by atoms with Crippen molar-refractivity contribution in [2.24, 2.45) is 0 Å². The summed E-state index contributed by atoms with van der Waals surface area (Å²) in [5, 5.41) is 22.0. The molecular weight excluding hydrogens is 556 g/mol. The van der Waals surface area contributed by atoms with Crippen molar-refractivity contribution in [3.05, 3.63) is 132 Å². The third-order valence-corrected chi connectivity index (χ3v) is 7.47. The molecule has 2 N–H and O–H groups in total. The van der Waals surface area contributed by atoms with Crippen LogP contribution in [0.3, 0.4) is 0 Å². The normalized spacial score (nSPS) is 13.9. The van der Waals surface area contributed by atoms with Crippen LogP contribution < -0.4 is 26.4 Å². The zero-order valence-electron chi connectivity index (χ0n) is 22.6. The summed E-state index contributed by atoms with van der Waals surface area (Å²) in [5.41, 5.74) is 1.66. The Kier molecular flexibility index (Phi) is 6.14. The maximum absolute atomic E-state index is 13.3. The van der Waals surface area contributed by atoms with E-state index in [9.17, 15) is 24.6 Å². The van der Waals surface area contributed by atoms with Crippen LogP contribution in [0, 0.1) is 0 Å². The molecule has 10 heteroatoms. The summed E-state index contributed by atoms with van der Waals surface area (Å²) in [6.07, 6.45) is -1.08. The molecule has 1 unspecified atom stereocenters. The first-order valence-corrected chi connectivity index (χ1v) is 13.3. The van der Waals surface area contributed by atoms with Gasteiger partial charge in [0.1, 0.15) is 17.1 Å². The van der Waals surface area contributed by atoms with Gasteiger partial charge in [0.25, 0.3) is 0 Å². The molecule has 0 saturated heterocycles. The average molecular weight is 579 g/mol. The molecular formula is C33H22O10. The summed E-state index contributed by atoms with van der Waals surface area (Å²) in [6, 6.07) is 19.0. The molecule has 10 nitrogen and oxygen atoms in total. The minimum absolute atomic E-state index is 0.0288. The van der Waals surface area contributed by atoms with Gasteiger partial charge in [-0.05, 0) is 65.6 Å². The molecule has 7 rings (SSSR count). The quantitative estimate of drug-likeness (QED) is 0.273. The van der Waals surface area contributed by atoms with Crippen molar-refractivity contribution < 1.29 is 32.9 Å². The van der Waals surface area contributed by atoms with E-state index >= 15 is 0 Å². The highest BCUT2D eigenvalue weighted by Gasteiger charge is 2.29. The van der Waals surface area contributed by atoms with Gasteiger partial charge in [-0.2, -0.15) is 0 Å². The standard InChI is InChI=1S/C33H22O10/c1-39-27-4-2-3-21-18(14-29(36)42-31(21)27)11-19-12-24-30(43-32(19)37)23-10-16(5-7-26(23)41-33(24)38)9-17-13-28(35)40-25-8-6-20(34)15-22(17)25/h2-8,10,12-15,33-34,38H,9,11H2,1H3. The smallest absolute Gasteiger partial charge is 0.339 e. The minimum atomic E-state index is -1.40. The lowest BCUT2D eigenvalue weighted by atomic mass is 9.95. The van der Waals surface area contributed by atoms with Crippen molar-refractivity contribution >= 4 is 21.9 Å². The monoisotopic (exact) mass is 578 g/mol. The second-order valence-electron chi connectivity index (χ2n) is 10.2. The molecule has 6 aromatic rings. The van der Waals surface area contributed by atoms with Crippen molar-refractivity contribution in [1.82, 2.24) is 0 Å². The highest BCUT2D eigenvalue weighted by Crippen LogP contribution is 2.42. The molecule has 1 aliphatic heterocycles. The zero-order chi connectivity index (χ0) is 29.8. The Morgan fingerprint density at radius 3 is 2.40 bits per heavy atom. The van der Waals surface area contributed by atoms with Gasteiger partial charge < -0.3 is 32.9 Å². The Balaban J connectivity index is 1.29. The number of benzene rings is 3. The first-order chi connectivity index (χ1) is 20.8. The number of hydrogen-bond donors (Lipinski definition) is 2. The van der Waals surface area contributed by atoms with Crippen LogP contribution in [0.2, 0.25) is 0 Å². The second-order valence-corrected chi connectivity index (χ2v) is 10.2. The molecule has 1 aliphatic rings. The zero-order valence-corrected chi connectivity index (χ0v) is 22.6. The number of fused-ring (bicyclic) bond motifs is 5. The number of aromatic hydroxyl groups is 1. The van der Waals surface area contributed by atoms with Gasteiger partial charge in [0, 0.05) is 34.9 Å².